The predicted octanol–water partition coefficient (Wildman–Crippen LogP) is 4.29. The number of rotatable bonds is 11. The largest absolute Gasteiger partial charge is 0.383 e. The first-order valence-corrected chi connectivity index (χ1v) is 11.3. The van der Waals surface area contributed by atoms with E-state index in [0.29, 0.717) is 19.7 Å². The van der Waals surface area contributed by atoms with Crippen LogP contribution in [0, 0.1) is 11.8 Å². The van der Waals surface area contributed by atoms with Crippen molar-refractivity contribution in [3.05, 3.63) is 23.8 Å². The molecule has 0 saturated heterocycles. The van der Waals surface area contributed by atoms with E-state index in [4.69, 9.17) is 4.74 Å². The lowest BCUT2D eigenvalue weighted by Gasteiger charge is -2.29. The highest BCUT2D eigenvalue weighted by Gasteiger charge is 2.24. The molecule has 0 unspecified atom stereocenters. The fourth-order valence-corrected chi connectivity index (χ4v) is 4.23. The smallest absolute Gasteiger partial charge is 0.227 e. The minimum Gasteiger partial charge on any atom is -0.383 e. The van der Waals surface area contributed by atoms with Crippen LogP contribution >= 0.6 is 0 Å². The molecule has 2 amide bonds. The highest BCUT2D eigenvalue weighted by atomic mass is 16.5. The summed E-state index contributed by atoms with van der Waals surface area (Å²) < 4.78 is 5.26. The van der Waals surface area contributed by atoms with Crippen LogP contribution in [0.3, 0.4) is 0 Å². The molecule has 30 heavy (non-hydrogen) atoms. The van der Waals surface area contributed by atoms with Crippen molar-refractivity contribution >= 4 is 23.2 Å². The molecular formula is C24H39N3O3. The van der Waals surface area contributed by atoms with Crippen LogP contribution < -0.4 is 10.2 Å². The van der Waals surface area contributed by atoms with Crippen molar-refractivity contribution in [2.75, 3.05) is 44.6 Å². The lowest BCUT2D eigenvalue weighted by molar-refractivity contribution is -0.137. The Labute approximate surface area is 182 Å². The molecule has 1 aliphatic carbocycles. The quantitative estimate of drug-likeness (QED) is 0.583. The lowest BCUT2D eigenvalue weighted by Crippen LogP contribution is -2.38. The normalized spacial score (nSPS) is 14.2. The molecule has 1 saturated carbocycles. The van der Waals surface area contributed by atoms with Gasteiger partial charge in [-0.3, -0.25) is 9.59 Å². The molecule has 6 heteroatoms. The van der Waals surface area contributed by atoms with E-state index in [-0.39, 0.29) is 23.7 Å². The van der Waals surface area contributed by atoms with Gasteiger partial charge < -0.3 is 19.9 Å². The van der Waals surface area contributed by atoms with Gasteiger partial charge in [-0.15, -0.1) is 0 Å². The van der Waals surface area contributed by atoms with Gasteiger partial charge in [-0.2, -0.15) is 0 Å². The van der Waals surface area contributed by atoms with Gasteiger partial charge >= 0.3 is 0 Å². The molecule has 0 aromatic heterocycles. The Morgan fingerprint density at radius 3 is 2.40 bits per heavy atom. The number of nitrogens with zero attached hydrogens (tertiary/aromatic N) is 2. The summed E-state index contributed by atoms with van der Waals surface area (Å²) in [6, 6.07) is 5.99. The summed E-state index contributed by atoms with van der Waals surface area (Å²) in [5, 5.41) is 3.10. The van der Waals surface area contributed by atoms with Crippen LogP contribution in [0.5, 0.6) is 0 Å². The Morgan fingerprint density at radius 2 is 1.83 bits per heavy atom. The summed E-state index contributed by atoms with van der Waals surface area (Å²) in [5.74, 6) is 0.425. The van der Waals surface area contributed by atoms with Crippen LogP contribution in [0.4, 0.5) is 11.4 Å². The van der Waals surface area contributed by atoms with Gasteiger partial charge in [0.1, 0.15) is 0 Å². The summed E-state index contributed by atoms with van der Waals surface area (Å²) in [7, 11) is 5.65. The van der Waals surface area contributed by atoms with Crippen molar-refractivity contribution in [2.24, 2.45) is 11.8 Å². The third-order valence-corrected chi connectivity index (χ3v) is 6.13. The van der Waals surface area contributed by atoms with Gasteiger partial charge in [0.2, 0.25) is 11.8 Å². The maximum atomic E-state index is 13.1. The monoisotopic (exact) mass is 417 g/mol. The van der Waals surface area contributed by atoms with E-state index in [2.05, 4.69) is 19.2 Å². The SMILES string of the molecule is CCC(CC)C(=O)N(CCOC)Cc1cc(NC(=O)C2CCCC2)ccc1N(C)C. The lowest BCUT2D eigenvalue weighted by atomic mass is 10.0. The first-order chi connectivity index (χ1) is 14.4. The number of nitrogens with one attached hydrogen (secondary N) is 1. The van der Waals surface area contributed by atoms with Crippen LogP contribution in [-0.2, 0) is 20.9 Å². The molecule has 0 radical (unpaired) electrons. The average Bonchev–Trinajstić information content (AvgIpc) is 3.27. The topological polar surface area (TPSA) is 61.9 Å². The van der Waals surface area contributed by atoms with Crippen molar-refractivity contribution < 1.29 is 14.3 Å². The standard InChI is InChI=1S/C24H39N3O3/c1-6-18(7-2)24(29)27(14-15-30-5)17-20-16-21(12-13-22(20)26(3)4)25-23(28)19-10-8-9-11-19/h12-13,16,18-19H,6-11,14-15,17H2,1-5H3,(H,25,28). The zero-order chi connectivity index (χ0) is 22.1. The summed E-state index contributed by atoms with van der Waals surface area (Å²) in [6.07, 6.45) is 5.88. The molecule has 0 bridgehead atoms. The van der Waals surface area contributed by atoms with E-state index in [9.17, 15) is 9.59 Å². The minimum absolute atomic E-state index is 0.0231. The Balaban J connectivity index is 2.25. The van der Waals surface area contributed by atoms with E-state index in [1.54, 1.807) is 7.11 Å². The second kappa shape index (κ2) is 11.9. The Morgan fingerprint density at radius 1 is 1.17 bits per heavy atom. The number of methoxy groups -OCH3 is 1. The van der Waals surface area contributed by atoms with Gasteiger partial charge in [0.25, 0.3) is 0 Å². The Kier molecular flexibility index (Phi) is 9.63. The molecule has 1 fully saturated rings. The third kappa shape index (κ3) is 6.46. The average molecular weight is 418 g/mol. The fraction of sp³-hybridized carbons (Fsp3) is 0.667. The van der Waals surface area contributed by atoms with Crippen LogP contribution in [0.2, 0.25) is 0 Å². The predicted molar refractivity (Wildman–Crippen MR) is 123 cm³/mol. The molecule has 0 aliphatic heterocycles. The van der Waals surface area contributed by atoms with Gasteiger partial charge in [0.15, 0.2) is 0 Å². The molecule has 1 N–H and O–H groups in total. The molecule has 0 heterocycles. The van der Waals surface area contributed by atoms with Crippen LogP contribution in [-0.4, -0.2) is 51.1 Å². The van der Waals surface area contributed by atoms with Crippen molar-refractivity contribution in [2.45, 2.75) is 58.9 Å². The molecule has 0 spiro atoms. The molecule has 1 aromatic carbocycles. The summed E-state index contributed by atoms with van der Waals surface area (Å²) >= 11 is 0. The third-order valence-electron chi connectivity index (χ3n) is 6.13. The van der Waals surface area contributed by atoms with E-state index in [0.717, 1.165) is 55.5 Å². The fourth-order valence-electron chi connectivity index (χ4n) is 4.23. The van der Waals surface area contributed by atoms with Gasteiger partial charge in [0, 0.05) is 57.5 Å². The van der Waals surface area contributed by atoms with Crippen LogP contribution in [0.1, 0.15) is 57.9 Å². The molecule has 1 aliphatic rings. The number of hydrogen-bond donors (Lipinski definition) is 1. The van der Waals surface area contributed by atoms with Crippen LogP contribution in [0.15, 0.2) is 18.2 Å². The molecule has 168 valence electrons. The molecular weight excluding hydrogens is 378 g/mol. The van der Waals surface area contributed by atoms with E-state index < -0.39 is 0 Å². The Hall–Kier alpha value is -2.08. The number of anilines is 2. The molecule has 6 nitrogen and oxygen atoms in total. The number of benzene rings is 1. The summed E-state index contributed by atoms with van der Waals surface area (Å²) in [6.45, 7) is 5.67. The minimum atomic E-state index is 0.0231. The van der Waals surface area contributed by atoms with Crippen molar-refractivity contribution in [3.8, 4) is 0 Å². The van der Waals surface area contributed by atoms with Gasteiger partial charge in [0.05, 0.1) is 6.61 Å². The van der Waals surface area contributed by atoms with Crippen molar-refractivity contribution in [1.29, 1.82) is 0 Å². The highest BCUT2D eigenvalue weighted by Crippen LogP contribution is 2.29. The van der Waals surface area contributed by atoms with E-state index in [1.165, 1.54) is 0 Å². The van der Waals surface area contributed by atoms with Crippen molar-refractivity contribution in [3.63, 3.8) is 0 Å². The van der Waals surface area contributed by atoms with Gasteiger partial charge in [-0.1, -0.05) is 26.7 Å². The molecule has 2 rings (SSSR count). The first kappa shape index (κ1) is 24.2. The number of hydrogen-bond acceptors (Lipinski definition) is 4. The maximum Gasteiger partial charge on any atom is 0.227 e. The zero-order valence-electron chi connectivity index (χ0n) is 19.4. The maximum absolute atomic E-state index is 13.1. The highest BCUT2D eigenvalue weighted by molar-refractivity contribution is 5.93. The number of carbonyl (C=O) groups excluding carboxylic acids is 2. The van der Waals surface area contributed by atoms with E-state index >= 15 is 0 Å². The van der Waals surface area contributed by atoms with E-state index in [1.807, 2.05) is 42.1 Å². The molecule has 1 aromatic rings. The number of ether oxygens (including phenoxy) is 1. The second-order valence-corrected chi connectivity index (χ2v) is 8.47. The summed E-state index contributed by atoms with van der Waals surface area (Å²) in [4.78, 5) is 29.6. The first-order valence-electron chi connectivity index (χ1n) is 11.3. The van der Waals surface area contributed by atoms with Crippen molar-refractivity contribution in [1.82, 2.24) is 4.90 Å². The van der Waals surface area contributed by atoms with Gasteiger partial charge in [-0.05, 0) is 49.4 Å². The molecule has 0 atom stereocenters. The Bertz CT molecular complexity index is 695. The number of carbonyl (C=O) groups is 2. The zero-order valence-corrected chi connectivity index (χ0v) is 19.4. The number of amides is 2. The van der Waals surface area contributed by atoms with Gasteiger partial charge in [-0.25, -0.2) is 0 Å². The summed E-state index contributed by atoms with van der Waals surface area (Å²) in [5.41, 5.74) is 2.88. The second-order valence-electron chi connectivity index (χ2n) is 8.47. The van der Waals surface area contributed by atoms with Crippen LogP contribution in [0.25, 0.3) is 0 Å².